The van der Waals surface area contributed by atoms with Gasteiger partial charge in [0.15, 0.2) is 0 Å². The Labute approximate surface area is 148 Å². The van der Waals surface area contributed by atoms with Crippen LogP contribution in [0.4, 0.5) is 0 Å². The molecule has 24 heavy (non-hydrogen) atoms. The van der Waals surface area contributed by atoms with E-state index >= 15 is 0 Å². The summed E-state index contributed by atoms with van der Waals surface area (Å²) in [6.07, 6.45) is 2.53. The van der Waals surface area contributed by atoms with Gasteiger partial charge in [-0.1, -0.05) is 30.3 Å². The molecule has 0 radical (unpaired) electrons. The predicted octanol–water partition coefficient (Wildman–Crippen LogP) is 3.26. The van der Waals surface area contributed by atoms with Crippen LogP contribution in [0.2, 0.25) is 0 Å². The lowest BCUT2D eigenvalue weighted by Crippen LogP contribution is -2.33. The molecule has 1 aromatic heterocycles. The van der Waals surface area contributed by atoms with Crippen LogP contribution < -0.4 is 0 Å². The monoisotopic (exact) mass is 362 g/mol. The highest BCUT2D eigenvalue weighted by Crippen LogP contribution is 2.15. The third-order valence-electron chi connectivity index (χ3n) is 4.13. The van der Waals surface area contributed by atoms with Crippen LogP contribution in [-0.4, -0.2) is 43.8 Å². The molecule has 4 nitrogen and oxygen atoms in total. The Bertz CT molecular complexity index is 756. The van der Waals surface area contributed by atoms with Gasteiger partial charge in [0.25, 0.3) is 0 Å². The van der Waals surface area contributed by atoms with Crippen LogP contribution in [0, 0.1) is 0 Å². The zero-order chi connectivity index (χ0) is 16.8. The van der Waals surface area contributed by atoms with E-state index in [0.717, 1.165) is 31.6 Å². The third-order valence-corrected chi connectivity index (χ3v) is 6.42. The number of rotatable bonds is 5. The Balaban J connectivity index is 1.61. The van der Waals surface area contributed by atoms with Crippen molar-refractivity contribution in [2.24, 2.45) is 0 Å². The number of hydrogen-bond donors (Lipinski definition) is 0. The Morgan fingerprint density at radius 3 is 2.62 bits per heavy atom. The van der Waals surface area contributed by atoms with Gasteiger partial charge >= 0.3 is 0 Å². The lowest BCUT2D eigenvalue weighted by atomic mass is 10.2. The zero-order valence-corrected chi connectivity index (χ0v) is 15.2. The maximum atomic E-state index is 12.6. The third kappa shape index (κ3) is 4.77. The van der Waals surface area contributed by atoms with Crippen LogP contribution in [0.3, 0.4) is 0 Å². The number of nitrogens with zero attached hydrogens (tertiary/aromatic N) is 2. The molecule has 0 N–H and O–H groups in total. The number of thiophene rings is 1. The van der Waals surface area contributed by atoms with Gasteiger partial charge < -0.3 is 0 Å². The van der Waals surface area contributed by atoms with Crippen molar-refractivity contribution in [3.8, 4) is 0 Å². The molecule has 0 saturated carbocycles. The molecule has 1 aliphatic rings. The molecule has 2 heterocycles. The quantitative estimate of drug-likeness (QED) is 0.820. The summed E-state index contributed by atoms with van der Waals surface area (Å²) in [5.74, 6) is 0. The van der Waals surface area contributed by atoms with Gasteiger partial charge in [-0.3, -0.25) is 4.90 Å². The second kappa shape index (κ2) is 8.07. The molecule has 128 valence electrons. The van der Waals surface area contributed by atoms with Gasteiger partial charge in [0, 0.05) is 31.6 Å². The largest absolute Gasteiger partial charge is 0.298 e. The molecule has 0 spiro atoms. The van der Waals surface area contributed by atoms with Crippen molar-refractivity contribution in [3.05, 3.63) is 63.7 Å². The van der Waals surface area contributed by atoms with Gasteiger partial charge in [-0.05, 0) is 47.0 Å². The molecule has 6 heteroatoms. The first-order valence-corrected chi connectivity index (χ1v) is 10.5. The average Bonchev–Trinajstić information content (AvgIpc) is 2.98. The highest BCUT2D eigenvalue weighted by Gasteiger charge is 2.23. The lowest BCUT2D eigenvalue weighted by Gasteiger charge is -2.20. The van der Waals surface area contributed by atoms with E-state index < -0.39 is 10.0 Å². The van der Waals surface area contributed by atoms with E-state index in [1.807, 2.05) is 30.3 Å². The summed E-state index contributed by atoms with van der Waals surface area (Å²) >= 11 is 1.70. The maximum Gasteiger partial charge on any atom is 0.236 e. The fourth-order valence-electron chi connectivity index (χ4n) is 2.82. The predicted molar refractivity (Wildman–Crippen MR) is 100 cm³/mol. The second-order valence-electron chi connectivity index (χ2n) is 5.92. The van der Waals surface area contributed by atoms with Crippen LogP contribution in [0.5, 0.6) is 0 Å². The normalized spacial score (nSPS) is 18.0. The van der Waals surface area contributed by atoms with Crippen molar-refractivity contribution in [1.82, 2.24) is 9.21 Å². The van der Waals surface area contributed by atoms with Crippen molar-refractivity contribution >= 4 is 27.4 Å². The summed E-state index contributed by atoms with van der Waals surface area (Å²) in [5.41, 5.74) is 2.20. The smallest absolute Gasteiger partial charge is 0.236 e. The minimum atomic E-state index is -3.36. The second-order valence-corrected chi connectivity index (χ2v) is 8.52. The summed E-state index contributed by atoms with van der Waals surface area (Å²) < 4.78 is 26.7. The number of sulfonamides is 1. The summed E-state index contributed by atoms with van der Waals surface area (Å²) in [4.78, 5) is 2.33. The first-order chi connectivity index (χ1) is 11.6. The standard InChI is InChI=1S/C18H22N2O2S2/c21-24(22,14-8-17-5-2-1-3-6-17)20-10-4-9-19(11-12-20)15-18-7-13-23-16-18/h1-3,5-8,13-14,16H,4,9-12,15H2. The molecule has 0 unspecified atom stereocenters. The zero-order valence-electron chi connectivity index (χ0n) is 13.5. The minimum Gasteiger partial charge on any atom is -0.298 e. The summed E-state index contributed by atoms with van der Waals surface area (Å²) in [5, 5.41) is 5.57. The van der Waals surface area contributed by atoms with Crippen LogP contribution >= 0.6 is 11.3 Å². The van der Waals surface area contributed by atoms with Crippen LogP contribution in [-0.2, 0) is 16.6 Å². The summed E-state index contributed by atoms with van der Waals surface area (Å²) in [7, 11) is -3.36. The molecular formula is C18H22N2O2S2. The van der Waals surface area contributed by atoms with Gasteiger partial charge in [0.2, 0.25) is 10.0 Å². The fourth-order valence-corrected chi connectivity index (χ4v) is 4.70. The maximum absolute atomic E-state index is 12.6. The van der Waals surface area contributed by atoms with E-state index in [1.54, 1.807) is 21.7 Å². The Kier molecular flexibility index (Phi) is 5.84. The highest BCUT2D eigenvalue weighted by molar-refractivity contribution is 7.92. The molecule has 2 aromatic rings. The molecule has 0 amide bonds. The Morgan fingerprint density at radius 1 is 1.04 bits per heavy atom. The summed E-state index contributed by atoms with van der Waals surface area (Å²) in [6, 6.07) is 11.7. The van der Waals surface area contributed by atoms with Crippen LogP contribution in [0.15, 0.2) is 52.6 Å². The van der Waals surface area contributed by atoms with Gasteiger partial charge in [0.1, 0.15) is 0 Å². The highest BCUT2D eigenvalue weighted by atomic mass is 32.2. The van der Waals surface area contributed by atoms with Crippen molar-refractivity contribution in [1.29, 1.82) is 0 Å². The molecule has 1 aromatic carbocycles. The van der Waals surface area contributed by atoms with E-state index in [1.165, 1.54) is 11.0 Å². The number of hydrogen-bond acceptors (Lipinski definition) is 4. The van der Waals surface area contributed by atoms with E-state index in [4.69, 9.17) is 0 Å². The first kappa shape index (κ1) is 17.4. The SMILES string of the molecule is O=S(=O)(C=Cc1ccccc1)N1CCCN(Cc2ccsc2)CC1. The van der Waals surface area contributed by atoms with E-state index in [2.05, 4.69) is 21.7 Å². The van der Waals surface area contributed by atoms with Gasteiger partial charge in [-0.15, -0.1) is 0 Å². The van der Waals surface area contributed by atoms with Crippen LogP contribution in [0.1, 0.15) is 17.5 Å². The molecule has 1 saturated heterocycles. The molecule has 0 bridgehead atoms. The average molecular weight is 363 g/mol. The lowest BCUT2D eigenvalue weighted by molar-refractivity contribution is 0.279. The number of benzene rings is 1. The van der Waals surface area contributed by atoms with Crippen molar-refractivity contribution in [2.75, 3.05) is 26.2 Å². The molecule has 3 rings (SSSR count). The molecular weight excluding hydrogens is 340 g/mol. The molecule has 1 fully saturated rings. The fraction of sp³-hybridized carbons (Fsp3) is 0.333. The van der Waals surface area contributed by atoms with E-state index in [0.29, 0.717) is 13.1 Å². The van der Waals surface area contributed by atoms with Crippen molar-refractivity contribution in [2.45, 2.75) is 13.0 Å². The van der Waals surface area contributed by atoms with Gasteiger partial charge in [0.05, 0.1) is 0 Å². The van der Waals surface area contributed by atoms with E-state index in [-0.39, 0.29) is 0 Å². The molecule has 0 aliphatic carbocycles. The topological polar surface area (TPSA) is 40.6 Å². The molecule has 1 aliphatic heterocycles. The molecule has 0 atom stereocenters. The van der Waals surface area contributed by atoms with Crippen molar-refractivity contribution in [3.63, 3.8) is 0 Å². The Morgan fingerprint density at radius 2 is 1.88 bits per heavy atom. The van der Waals surface area contributed by atoms with E-state index in [9.17, 15) is 8.42 Å². The Hall–Kier alpha value is -1.47. The van der Waals surface area contributed by atoms with Crippen molar-refractivity contribution < 1.29 is 8.42 Å². The van der Waals surface area contributed by atoms with Crippen LogP contribution in [0.25, 0.3) is 6.08 Å². The van der Waals surface area contributed by atoms with Gasteiger partial charge in [-0.2, -0.15) is 15.6 Å². The minimum absolute atomic E-state index is 0.547. The summed E-state index contributed by atoms with van der Waals surface area (Å²) in [6.45, 7) is 3.74. The first-order valence-electron chi connectivity index (χ1n) is 8.10. The van der Waals surface area contributed by atoms with Gasteiger partial charge in [-0.25, -0.2) is 8.42 Å².